The maximum Gasteiger partial charge on any atom is 0.270 e. The lowest BCUT2D eigenvalue weighted by Crippen LogP contribution is -1.90. The van der Waals surface area contributed by atoms with Gasteiger partial charge in [0, 0.05) is 18.2 Å². The SMILES string of the molecule is Cc1ccc([N+](=O)[O-])cc1/C=C/[N+](=O)[O-]. The van der Waals surface area contributed by atoms with Crippen molar-refractivity contribution in [2.24, 2.45) is 0 Å². The van der Waals surface area contributed by atoms with Gasteiger partial charge in [0.2, 0.25) is 6.20 Å². The Labute approximate surface area is 85.1 Å². The van der Waals surface area contributed by atoms with Crippen LogP contribution in [0.5, 0.6) is 0 Å². The summed E-state index contributed by atoms with van der Waals surface area (Å²) in [4.78, 5) is 19.4. The number of nitrogens with zero attached hydrogens (tertiary/aromatic N) is 2. The summed E-state index contributed by atoms with van der Waals surface area (Å²) in [6.07, 6.45) is 1.99. The summed E-state index contributed by atoms with van der Waals surface area (Å²) < 4.78 is 0. The number of hydrogen-bond acceptors (Lipinski definition) is 4. The number of rotatable bonds is 3. The Kier molecular flexibility index (Phi) is 3.12. The summed E-state index contributed by atoms with van der Waals surface area (Å²) >= 11 is 0. The number of non-ortho nitro benzene ring substituents is 1. The van der Waals surface area contributed by atoms with E-state index in [0.717, 1.165) is 11.8 Å². The molecule has 0 amide bonds. The zero-order valence-electron chi connectivity index (χ0n) is 7.91. The molecule has 78 valence electrons. The minimum Gasteiger partial charge on any atom is -0.259 e. The number of nitro benzene ring substituents is 1. The van der Waals surface area contributed by atoms with Crippen molar-refractivity contribution in [1.82, 2.24) is 0 Å². The number of nitro groups is 2. The van der Waals surface area contributed by atoms with Gasteiger partial charge >= 0.3 is 0 Å². The summed E-state index contributed by atoms with van der Waals surface area (Å²) in [5, 5.41) is 20.5. The second-order valence-electron chi connectivity index (χ2n) is 2.90. The van der Waals surface area contributed by atoms with E-state index >= 15 is 0 Å². The molecule has 0 fully saturated rings. The Bertz CT molecular complexity index is 440. The predicted molar refractivity (Wildman–Crippen MR) is 53.9 cm³/mol. The van der Waals surface area contributed by atoms with E-state index in [4.69, 9.17) is 0 Å². The van der Waals surface area contributed by atoms with Gasteiger partial charge in [0.25, 0.3) is 5.69 Å². The van der Waals surface area contributed by atoms with Crippen LogP contribution in [-0.2, 0) is 0 Å². The molecular formula is C9H8N2O4. The van der Waals surface area contributed by atoms with Crippen molar-refractivity contribution in [3.63, 3.8) is 0 Å². The van der Waals surface area contributed by atoms with Crippen molar-refractivity contribution in [2.75, 3.05) is 0 Å². The Morgan fingerprint density at radius 2 is 1.93 bits per heavy atom. The van der Waals surface area contributed by atoms with Gasteiger partial charge in [-0.1, -0.05) is 6.07 Å². The first-order chi connectivity index (χ1) is 7.00. The van der Waals surface area contributed by atoms with E-state index in [0.29, 0.717) is 5.56 Å². The summed E-state index contributed by atoms with van der Waals surface area (Å²) in [6, 6.07) is 4.21. The van der Waals surface area contributed by atoms with Crippen LogP contribution in [0.1, 0.15) is 11.1 Å². The fourth-order valence-corrected chi connectivity index (χ4v) is 1.06. The molecule has 0 spiro atoms. The van der Waals surface area contributed by atoms with Crippen LogP contribution in [0.4, 0.5) is 5.69 Å². The molecule has 0 aliphatic rings. The molecule has 1 rings (SSSR count). The van der Waals surface area contributed by atoms with Crippen molar-refractivity contribution in [3.05, 3.63) is 55.8 Å². The van der Waals surface area contributed by atoms with E-state index in [9.17, 15) is 20.2 Å². The normalized spacial score (nSPS) is 10.5. The second-order valence-corrected chi connectivity index (χ2v) is 2.90. The highest BCUT2D eigenvalue weighted by Gasteiger charge is 2.07. The van der Waals surface area contributed by atoms with Crippen molar-refractivity contribution >= 4 is 11.8 Å². The topological polar surface area (TPSA) is 86.3 Å². The zero-order chi connectivity index (χ0) is 11.4. The molecule has 0 aliphatic heterocycles. The number of hydrogen-bond donors (Lipinski definition) is 0. The van der Waals surface area contributed by atoms with Crippen LogP contribution >= 0.6 is 0 Å². The van der Waals surface area contributed by atoms with Crippen LogP contribution in [-0.4, -0.2) is 9.85 Å². The fraction of sp³-hybridized carbons (Fsp3) is 0.111. The monoisotopic (exact) mass is 208 g/mol. The average molecular weight is 208 g/mol. The molecule has 0 radical (unpaired) electrons. The molecule has 6 heteroatoms. The van der Waals surface area contributed by atoms with Gasteiger partial charge in [-0.3, -0.25) is 20.2 Å². The van der Waals surface area contributed by atoms with E-state index < -0.39 is 9.85 Å². The number of aryl methyl sites for hydroxylation is 1. The molecule has 0 saturated carbocycles. The van der Waals surface area contributed by atoms with Gasteiger partial charge in [-0.2, -0.15) is 0 Å². The van der Waals surface area contributed by atoms with Gasteiger partial charge in [0.05, 0.1) is 9.85 Å². The standard InChI is InChI=1S/C9H8N2O4/c1-7-2-3-9(11(14)15)6-8(7)4-5-10(12)13/h2-6H,1H3/b5-4+. The van der Waals surface area contributed by atoms with Crippen LogP contribution < -0.4 is 0 Å². The molecular weight excluding hydrogens is 200 g/mol. The Morgan fingerprint density at radius 1 is 1.27 bits per heavy atom. The van der Waals surface area contributed by atoms with Crippen molar-refractivity contribution in [3.8, 4) is 0 Å². The average Bonchev–Trinajstić information content (AvgIpc) is 2.16. The van der Waals surface area contributed by atoms with Crippen LogP contribution in [0.3, 0.4) is 0 Å². The highest BCUT2D eigenvalue weighted by Crippen LogP contribution is 2.18. The molecule has 0 N–H and O–H groups in total. The largest absolute Gasteiger partial charge is 0.270 e. The first kappa shape index (κ1) is 10.8. The van der Waals surface area contributed by atoms with Crippen molar-refractivity contribution in [1.29, 1.82) is 0 Å². The molecule has 0 heterocycles. The lowest BCUT2D eigenvalue weighted by atomic mass is 10.1. The van der Waals surface area contributed by atoms with Gasteiger partial charge in [-0.25, -0.2) is 0 Å². The highest BCUT2D eigenvalue weighted by molar-refractivity contribution is 5.56. The molecule has 1 aromatic carbocycles. The van der Waals surface area contributed by atoms with E-state index in [2.05, 4.69) is 0 Å². The van der Waals surface area contributed by atoms with E-state index in [1.165, 1.54) is 18.2 Å². The molecule has 0 aromatic heterocycles. The van der Waals surface area contributed by atoms with E-state index in [1.807, 2.05) is 0 Å². The molecule has 6 nitrogen and oxygen atoms in total. The second kappa shape index (κ2) is 4.32. The zero-order valence-corrected chi connectivity index (χ0v) is 7.91. The highest BCUT2D eigenvalue weighted by atomic mass is 16.6. The Hall–Kier alpha value is -2.24. The summed E-state index contributed by atoms with van der Waals surface area (Å²) in [5.41, 5.74) is 1.14. The maximum atomic E-state index is 10.5. The molecule has 0 atom stereocenters. The molecule has 15 heavy (non-hydrogen) atoms. The van der Waals surface area contributed by atoms with E-state index in [1.54, 1.807) is 13.0 Å². The van der Waals surface area contributed by atoms with E-state index in [-0.39, 0.29) is 5.69 Å². The van der Waals surface area contributed by atoms with Crippen LogP contribution in [0.25, 0.3) is 6.08 Å². The lowest BCUT2D eigenvalue weighted by molar-refractivity contribution is -0.401. The van der Waals surface area contributed by atoms with Crippen molar-refractivity contribution in [2.45, 2.75) is 6.92 Å². The minimum absolute atomic E-state index is 0.0800. The first-order valence-corrected chi connectivity index (χ1v) is 4.07. The first-order valence-electron chi connectivity index (χ1n) is 4.07. The minimum atomic E-state index is -0.613. The van der Waals surface area contributed by atoms with Crippen LogP contribution in [0.15, 0.2) is 24.4 Å². The maximum absolute atomic E-state index is 10.5. The Balaban J connectivity index is 3.11. The smallest absolute Gasteiger partial charge is 0.259 e. The van der Waals surface area contributed by atoms with Gasteiger partial charge in [0.15, 0.2) is 0 Å². The number of benzene rings is 1. The summed E-state index contributed by atoms with van der Waals surface area (Å²) in [6.45, 7) is 1.73. The van der Waals surface area contributed by atoms with Gasteiger partial charge < -0.3 is 0 Å². The predicted octanol–water partition coefficient (Wildman–Crippen LogP) is 2.15. The molecule has 0 unspecified atom stereocenters. The molecule has 0 saturated heterocycles. The lowest BCUT2D eigenvalue weighted by Gasteiger charge is -1.98. The van der Waals surface area contributed by atoms with Crippen LogP contribution in [0.2, 0.25) is 0 Å². The quantitative estimate of drug-likeness (QED) is 0.562. The van der Waals surface area contributed by atoms with Gasteiger partial charge in [-0.05, 0) is 18.1 Å². The molecule has 1 aromatic rings. The third-order valence-corrected chi connectivity index (χ3v) is 1.85. The third kappa shape index (κ3) is 2.87. The van der Waals surface area contributed by atoms with Crippen molar-refractivity contribution < 1.29 is 9.85 Å². The fourth-order valence-electron chi connectivity index (χ4n) is 1.06. The molecule has 0 bridgehead atoms. The van der Waals surface area contributed by atoms with Gasteiger partial charge in [0.1, 0.15) is 0 Å². The summed E-state index contributed by atoms with van der Waals surface area (Å²) in [7, 11) is 0. The summed E-state index contributed by atoms with van der Waals surface area (Å²) in [5.74, 6) is 0. The third-order valence-electron chi connectivity index (χ3n) is 1.85. The molecule has 0 aliphatic carbocycles. The van der Waals surface area contributed by atoms with Gasteiger partial charge in [-0.15, -0.1) is 0 Å². The Morgan fingerprint density at radius 3 is 2.47 bits per heavy atom. The van der Waals surface area contributed by atoms with Crippen LogP contribution in [0, 0.1) is 27.2 Å².